The molecule has 1 heterocycles. The van der Waals surface area contributed by atoms with Crippen LogP contribution in [0.3, 0.4) is 0 Å². The molecule has 0 aliphatic rings. The molecule has 25 heavy (non-hydrogen) atoms. The van der Waals surface area contributed by atoms with Crippen molar-refractivity contribution in [2.75, 3.05) is 18.4 Å². The van der Waals surface area contributed by atoms with E-state index in [2.05, 4.69) is 26.9 Å². The molecule has 2 aromatic rings. The Morgan fingerprint density at radius 2 is 1.88 bits per heavy atom. The average Bonchev–Trinajstić information content (AvgIpc) is 3.05. The molecule has 1 aromatic heterocycles. The van der Waals surface area contributed by atoms with Gasteiger partial charge in [-0.05, 0) is 12.1 Å². The van der Waals surface area contributed by atoms with Crippen LogP contribution in [0.1, 0.15) is 16.1 Å². The minimum absolute atomic E-state index is 0.0140. The SMILES string of the molecule is C#CCNC(=O)CNC(=O)Cc1csc(NC(=O)c2ccccc2)n1. The highest BCUT2D eigenvalue weighted by atomic mass is 32.1. The molecule has 2 rings (SSSR count). The van der Waals surface area contributed by atoms with Crippen LogP contribution in [0.15, 0.2) is 35.7 Å². The summed E-state index contributed by atoms with van der Waals surface area (Å²) in [6.07, 6.45) is 5.03. The lowest BCUT2D eigenvalue weighted by Crippen LogP contribution is -2.37. The maximum atomic E-state index is 12.0. The second-order valence-electron chi connectivity index (χ2n) is 4.90. The molecule has 8 heteroatoms. The summed E-state index contributed by atoms with van der Waals surface area (Å²) in [5.41, 5.74) is 1.03. The first-order valence-electron chi connectivity index (χ1n) is 7.36. The summed E-state index contributed by atoms with van der Waals surface area (Å²) in [5.74, 6) is 1.29. The number of aromatic nitrogens is 1. The molecule has 0 fully saturated rings. The van der Waals surface area contributed by atoms with Gasteiger partial charge in [-0.15, -0.1) is 17.8 Å². The quantitative estimate of drug-likeness (QED) is 0.639. The van der Waals surface area contributed by atoms with Crippen molar-refractivity contribution in [2.24, 2.45) is 0 Å². The minimum atomic E-state index is -0.361. The molecule has 1 aromatic carbocycles. The standard InChI is InChI=1S/C17H16N4O3S/c1-2-8-18-15(23)10-19-14(22)9-13-11-25-17(20-13)21-16(24)12-6-4-3-5-7-12/h1,3-7,11H,8-10H2,(H,18,23)(H,19,22)(H,20,21,24). The Bertz CT molecular complexity index is 796. The lowest BCUT2D eigenvalue weighted by molar-refractivity contribution is -0.125. The summed E-state index contributed by atoms with van der Waals surface area (Å²) in [6, 6.07) is 8.76. The highest BCUT2D eigenvalue weighted by molar-refractivity contribution is 7.14. The van der Waals surface area contributed by atoms with E-state index in [1.54, 1.807) is 29.6 Å². The number of thiazole rings is 1. The van der Waals surface area contributed by atoms with Gasteiger partial charge in [0.15, 0.2) is 5.13 Å². The van der Waals surface area contributed by atoms with Crippen molar-refractivity contribution in [3.63, 3.8) is 0 Å². The zero-order chi connectivity index (χ0) is 18.1. The van der Waals surface area contributed by atoms with Crippen molar-refractivity contribution < 1.29 is 14.4 Å². The molecule has 0 saturated heterocycles. The molecule has 0 radical (unpaired) electrons. The van der Waals surface area contributed by atoms with Crippen molar-refractivity contribution in [2.45, 2.75) is 6.42 Å². The fourth-order valence-corrected chi connectivity index (χ4v) is 2.53. The number of anilines is 1. The number of amides is 3. The van der Waals surface area contributed by atoms with Gasteiger partial charge < -0.3 is 10.6 Å². The van der Waals surface area contributed by atoms with Crippen molar-refractivity contribution in [3.8, 4) is 12.3 Å². The number of nitrogens with one attached hydrogen (secondary N) is 3. The zero-order valence-electron chi connectivity index (χ0n) is 13.2. The van der Waals surface area contributed by atoms with E-state index < -0.39 is 0 Å². The smallest absolute Gasteiger partial charge is 0.257 e. The first kappa shape index (κ1) is 18.2. The fraction of sp³-hybridized carbons (Fsp3) is 0.176. The third kappa shape index (κ3) is 6.08. The van der Waals surface area contributed by atoms with Crippen LogP contribution < -0.4 is 16.0 Å². The average molecular weight is 356 g/mol. The Morgan fingerprint density at radius 1 is 1.12 bits per heavy atom. The van der Waals surface area contributed by atoms with Gasteiger partial charge in [0.25, 0.3) is 5.91 Å². The summed E-state index contributed by atoms with van der Waals surface area (Å²) < 4.78 is 0. The Hall–Kier alpha value is -3.18. The summed E-state index contributed by atoms with van der Waals surface area (Å²) in [6.45, 7) is -0.0342. The van der Waals surface area contributed by atoms with Crippen LogP contribution in [0.2, 0.25) is 0 Å². The molecule has 0 spiro atoms. The van der Waals surface area contributed by atoms with Gasteiger partial charge in [0.05, 0.1) is 25.2 Å². The van der Waals surface area contributed by atoms with E-state index in [4.69, 9.17) is 6.42 Å². The van der Waals surface area contributed by atoms with Gasteiger partial charge in [-0.1, -0.05) is 24.1 Å². The summed E-state index contributed by atoms with van der Waals surface area (Å²) in [4.78, 5) is 39.3. The molecule has 0 atom stereocenters. The van der Waals surface area contributed by atoms with E-state index in [0.717, 1.165) is 0 Å². The first-order valence-corrected chi connectivity index (χ1v) is 8.24. The molecule has 3 N–H and O–H groups in total. The maximum Gasteiger partial charge on any atom is 0.257 e. The summed E-state index contributed by atoms with van der Waals surface area (Å²) >= 11 is 1.23. The monoisotopic (exact) mass is 356 g/mol. The lowest BCUT2D eigenvalue weighted by atomic mass is 10.2. The third-order valence-corrected chi connectivity index (χ3v) is 3.79. The number of terminal acetylenes is 1. The van der Waals surface area contributed by atoms with E-state index >= 15 is 0 Å². The molecule has 3 amide bonds. The number of rotatable bonds is 7. The molecule has 0 saturated carbocycles. The number of carbonyl (C=O) groups excluding carboxylic acids is 3. The zero-order valence-corrected chi connectivity index (χ0v) is 14.1. The van der Waals surface area contributed by atoms with E-state index in [1.165, 1.54) is 11.3 Å². The van der Waals surface area contributed by atoms with Crippen LogP contribution in [0, 0.1) is 12.3 Å². The predicted octanol–water partition coefficient (Wildman–Crippen LogP) is 0.803. The van der Waals surface area contributed by atoms with Crippen molar-refractivity contribution in [1.82, 2.24) is 15.6 Å². The van der Waals surface area contributed by atoms with Gasteiger partial charge >= 0.3 is 0 Å². The van der Waals surface area contributed by atoms with Crippen LogP contribution in [-0.4, -0.2) is 35.8 Å². The van der Waals surface area contributed by atoms with Crippen molar-refractivity contribution >= 4 is 34.2 Å². The van der Waals surface area contributed by atoms with Gasteiger partial charge in [-0.25, -0.2) is 4.98 Å². The highest BCUT2D eigenvalue weighted by Crippen LogP contribution is 2.16. The van der Waals surface area contributed by atoms with Crippen LogP contribution >= 0.6 is 11.3 Å². The van der Waals surface area contributed by atoms with E-state index in [-0.39, 0.29) is 37.2 Å². The number of hydrogen-bond donors (Lipinski definition) is 3. The predicted molar refractivity (Wildman–Crippen MR) is 95.1 cm³/mol. The van der Waals surface area contributed by atoms with Gasteiger partial charge in [0.1, 0.15) is 0 Å². The Morgan fingerprint density at radius 3 is 2.60 bits per heavy atom. The fourth-order valence-electron chi connectivity index (χ4n) is 1.82. The largest absolute Gasteiger partial charge is 0.347 e. The Labute approximate surface area is 148 Å². The molecule has 0 aliphatic heterocycles. The Balaban J connectivity index is 1.81. The highest BCUT2D eigenvalue weighted by Gasteiger charge is 2.11. The summed E-state index contributed by atoms with van der Waals surface area (Å²) in [5, 5.41) is 9.68. The minimum Gasteiger partial charge on any atom is -0.347 e. The van der Waals surface area contributed by atoms with Gasteiger partial charge in [-0.2, -0.15) is 0 Å². The molecule has 0 bridgehead atoms. The molecule has 128 valence electrons. The van der Waals surface area contributed by atoms with Crippen molar-refractivity contribution in [1.29, 1.82) is 0 Å². The number of nitrogens with zero attached hydrogens (tertiary/aromatic N) is 1. The van der Waals surface area contributed by atoms with Crippen LogP contribution in [0.25, 0.3) is 0 Å². The topological polar surface area (TPSA) is 100 Å². The van der Waals surface area contributed by atoms with Crippen LogP contribution in [0.4, 0.5) is 5.13 Å². The van der Waals surface area contributed by atoms with Gasteiger partial charge in [0.2, 0.25) is 11.8 Å². The third-order valence-electron chi connectivity index (χ3n) is 2.98. The van der Waals surface area contributed by atoms with Gasteiger partial charge in [0, 0.05) is 10.9 Å². The second-order valence-corrected chi connectivity index (χ2v) is 5.76. The van der Waals surface area contributed by atoms with Gasteiger partial charge in [-0.3, -0.25) is 19.7 Å². The molecule has 0 aliphatic carbocycles. The van der Waals surface area contributed by atoms with Crippen molar-refractivity contribution in [3.05, 3.63) is 47.0 Å². The molecule has 7 nitrogen and oxygen atoms in total. The molecular weight excluding hydrogens is 340 g/mol. The molecule has 0 unspecified atom stereocenters. The number of carbonyl (C=O) groups is 3. The molecular formula is C17H16N4O3S. The number of hydrogen-bond acceptors (Lipinski definition) is 5. The normalized spacial score (nSPS) is 9.72. The lowest BCUT2D eigenvalue weighted by Gasteiger charge is -2.04. The van der Waals surface area contributed by atoms with E-state index in [9.17, 15) is 14.4 Å². The van der Waals surface area contributed by atoms with Crippen LogP contribution in [-0.2, 0) is 16.0 Å². The number of benzene rings is 1. The van der Waals surface area contributed by atoms with Crippen LogP contribution in [0.5, 0.6) is 0 Å². The summed E-state index contributed by atoms with van der Waals surface area (Å²) in [7, 11) is 0. The first-order chi connectivity index (χ1) is 12.1. The van der Waals surface area contributed by atoms with E-state index in [0.29, 0.717) is 16.4 Å². The Kier molecular flexibility index (Phi) is 6.68. The van der Waals surface area contributed by atoms with E-state index in [1.807, 2.05) is 6.07 Å². The second kappa shape index (κ2) is 9.20. The maximum absolute atomic E-state index is 12.0.